The van der Waals surface area contributed by atoms with E-state index < -0.39 is 0 Å². The molecule has 5 heteroatoms. The maximum atomic E-state index is 5.83. The molecule has 5 nitrogen and oxygen atoms in total. The van der Waals surface area contributed by atoms with Crippen LogP contribution < -0.4 is 24.3 Å². The van der Waals surface area contributed by atoms with Gasteiger partial charge in [-0.2, -0.15) is 0 Å². The highest BCUT2D eigenvalue weighted by Crippen LogP contribution is 2.42. The summed E-state index contributed by atoms with van der Waals surface area (Å²) in [7, 11) is 3.33. The van der Waals surface area contributed by atoms with Crippen molar-refractivity contribution in [3.05, 3.63) is 47.0 Å². The van der Waals surface area contributed by atoms with Crippen LogP contribution in [0.3, 0.4) is 0 Å². The SMILES string of the molecule is CCOc1cc2c(cc1OCC)C(c1cccc(OC)c1OC)NCC2. The number of methoxy groups -OCH3 is 2. The average Bonchev–Trinajstić information content (AvgIpc) is 2.67. The van der Waals surface area contributed by atoms with Gasteiger partial charge < -0.3 is 24.3 Å². The Labute approximate surface area is 155 Å². The summed E-state index contributed by atoms with van der Waals surface area (Å²) in [5, 5.41) is 3.61. The van der Waals surface area contributed by atoms with E-state index in [0.717, 1.165) is 41.5 Å². The van der Waals surface area contributed by atoms with E-state index in [1.807, 2.05) is 26.0 Å². The highest BCUT2D eigenvalue weighted by atomic mass is 16.5. The Bertz CT molecular complexity index is 760. The molecule has 1 N–H and O–H groups in total. The molecule has 2 aromatic rings. The molecule has 0 aromatic heterocycles. The van der Waals surface area contributed by atoms with Crippen molar-refractivity contribution in [1.29, 1.82) is 0 Å². The van der Waals surface area contributed by atoms with Crippen molar-refractivity contribution in [1.82, 2.24) is 5.32 Å². The molecule has 0 fully saturated rings. The number of hydrogen-bond donors (Lipinski definition) is 1. The lowest BCUT2D eigenvalue weighted by Gasteiger charge is -2.30. The molecule has 1 aliphatic heterocycles. The van der Waals surface area contributed by atoms with Gasteiger partial charge in [0.1, 0.15) is 0 Å². The maximum absolute atomic E-state index is 5.83. The van der Waals surface area contributed by atoms with Crippen LogP contribution in [-0.4, -0.2) is 34.0 Å². The van der Waals surface area contributed by atoms with E-state index in [2.05, 4.69) is 23.5 Å². The minimum absolute atomic E-state index is 0.0127. The molecule has 1 aliphatic rings. The molecule has 140 valence electrons. The molecule has 0 aliphatic carbocycles. The Kier molecular flexibility index (Phi) is 5.89. The third-order valence-electron chi connectivity index (χ3n) is 4.60. The fraction of sp³-hybridized carbons (Fsp3) is 0.429. The molecular weight excluding hydrogens is 330 g/mol. The van der Waals surface area contributed by atoms with Gasteiger partial charge in [-0.25, -0.2) is 0 Å². The smallest absolute Gasteiger partial charge is 0.165 e. The van der Waals surface area contributed by atoms with Crippen LogP contribution in [0.4, 0.5) is 0 Å². The van der Waals surface area contributed by atoms with Crippen LogP contribution in [0.15, 0.2) is 30.3 Å². The molecule has 2 aromatic carbocycles. The first-order chi connectivity index (χ1) is 12.7. The van der Waals surface area contributed by atoms with Gasteiger partial charge in [0.2, 0.25) is 0 Å². The van der Waals surface area contributed by atoms with Crippen molar-refractivity contribution in [3.8, 4) is 23.0 Å². The minimum Gasteiger partial charge on any atom is -0.493 e. The van der Waals surface area contributed by atoms with Crippen molar-refractivity contribution < 1.29 is 18.9 Å². The predicted octanol–water partition coefficient (Wildman–Crippen LogP) is 3.74. The summed E-state index contributed by atoms with van der Waals surface area (Å²) >= 11 is 0. The number of para-hydroxylation sites is 1. The van der Waals surface area contributed by atoms with Crippen molar-refractivity contribution in [2.45, 2.75) is 26.3 Å². The maximum Gasteiger partial charge on any atom is 0.165 e. The first-order valence-electron chi connectivity index (χ1n) is 9.10. The second-order valence-electron chi connectivity index (χ2n) is 6.08. The second kappa shape index (κ2) is 8.32. The fourth-order valence-corrected chi connectivity index (χ4v) is 3.52. The van der Waals surface area contributed by atoms with E-state index in [0.29, 0.717) is 13.2 Å². The zero-order valence-electron chi connectivity index (χ0n) is 15.9. The summed E-state index contributed by atoms with van der Waals surface area (Å²) in [6.45, 7) is 6.07. The summed E-state index contributed by atoms with van der Waals surface area (Å²) in [4.78, 5) is 0. The zero-order chi connectivity index (χ0) is 18.5. The van der Waals surface area contributed by atoms with Crippen LogP contribution >= 0.6 is 0 Å². The highest BCUT2D eigenvalue weighted by Gasteiger charge is 2.27. The van der Waals surface area contributed by atoms with Gasteiger partial charge in [0.25, 0.3) is 0 Å². The summed E-state index contributed by atoms with van der Waals surface area (Å²) in [5.74, 6) is 3.08. The molecule has 0 spiro atoms. The van der Waals surface area contributed by atoms with E-state index in [-0.39, 0.29) is 6.04 Å². The van der Waals surface area contributed by atoms with Crippen LogP contribution in [0.2, 0.25) is 0 Å². The van der Waals surface area contributed by atoms with Crippen molar-refractivity contribution in [3.63, 3.8) is 0 Å². The van der Waals surface area contributed by atoms with Gasteiger partial charge in [0.15, 0.2) is 23.0 Å². The van der Waals surface area contributed by atoms with E-state index in [1.165, 1.54) is 11.1 Å². The molecule has 0 bridgehead atoms. The number of benzene rings is 2. The largest absolute Gasteiger partial charge is 0.493 e. The average molecular weight is 357 g/mol. The first-order valence-corrected chi connectivity index (χ1v) is 9.10. The van der Waals surface area contributed by atoms with E-state index in [4.69, 9.17) is 18.9 Å². The summed E-state index contributed by atoms with van der Waals surface area (Å²) < 4.78 is 22.7. The normalized spacial score (nSPS) is 15.9. The molecule has 1 atom stereocenters. The minimum atomic E-state index is 0.0127. The topological polar surface area (TPSA) is 49.0 Å². The highest BCUT2D eigenvalue weighted by molar-refractivity contribution is 5.56. The van der Waals surface area contributed by atoms with Crippen LogP contribution in [-0.2, 0) is 6.42 Å². The van der Waals surface area contributed by atoms with E-state index in [1.54, 1.807) is 14.2 Å². The summed E-state index contributed by atoms with van der Waals surface area (Å²) in [5.41, 5.74) is 3.51. The lowest BCUT2D eigenvalue weighted by atomic mass is 9.88. The van der Waals surface area contributed by atoms with Crippen molar-refractivity contribution in [2.24, 2.45) is 0 Å². The van der Waals surface area contributed by atoms with Gasteiger partial charge in [-0.05, 0) is 49.6 Å². The van der Waals surface area contributed by atoms with Crippen LogP contribution in [0.25, 0.3) is 0 Å². The number of fused-ring (bicyclic) bond motifs is 1. The molecule has 0 saturated carbocycles. The summed E-state index contributed by atoms with van der Waals surface area (Å²) in [6.07, 6.45) is 0.949. The van der Waals surface area contributed by atoms with Gasteiger partial charge in [0, 0.05) is 12.1 Å². The molecule has 0 saturated heterocycles. The number of ether oxygens (including phenoxy) is 4. The van der Waals surface area contributed by atoms with Crippen LogP contribution in [0, 0.1) is 0 Å². The molecule has 1 unspecified atom stereocenters. The third kappa shape index (κ3) is 3.44. The first kappa shape index (κ1) is 18.4. The lowest BCUT2D eigenvalue weighted by Crippen LogP contribution is -2.31. The van der Waals surface area contributed by atoms with Crippen molar-refractivity contribution >= 4 is 0 Å². The fourth-order valence-electron chi connectivity index (χ4n) is 3.52. The molecule has 0 amide bonds. The Balaban J connectivity index is 2.10. The molecular formula is C21H27NO4. The third-order valence-corrected chi connectivity index (χ3v) is 4.60. The Morgan fingerprint density at radius 1 is 0.923 bits per heavy atom. The lowest BCUT2D eigenvalue weighted by molar-refractivity contribution is 0.286. The van der Waals surface area contributed by atoms with Gasteiger partial charge >= 0.3 is 0 Å². The Morgan fingerprint density at radius 2 is 1.65 bits per heavy atom. The molecule has 1 heterocycles. The van der Waals surface area contributed by atoms with Crippen molar-refractivity contribution in [2.75, 3.05) is 34.0 Å². The number of hydrogen-bond acceptors (Lipinski definition) is 5. The number of nitrogens with one attached hydrogen (secondary N) is 1. The standard InChI is InChI=1S/C21H27NO4/c1-5-25-18-12-14-10-11-22-20(16(14)13-19(18)26-6-2)15-8-7-9-17(23-3)21(15)24-4/h7-9,12-13,20,22H,5-6,10-11H2,1-4H3. The van der Waals surface area contributed by atoms with E-state index >= 15 is 0 Å². The van der Waals surface area contributed by atoms with Gasteiger partial charge in [0.05, 0.1) is 33.5 Å². The summed E-state index contributed by atoms with van der Waals surface area (Å²) in [6, 6.07) is 10.2. The van der Waals surface area contributed by atoms with Gasteiger partial charge in [-0.15, -0.1) is 0 Å². The predicted molar refractivity (Wildman–Crippen MR) is 102 cm³/mol. The second-order valence-corrected chi connectivity index (χ2v) is 6.08. The van der Waals surface area contributed by atoms with Gasteiger partial charge in [-0.3, -0.25) is 0 Å². The number of rotatable bonds is 7. The quantitative estimate of drug-likeness (QED) is 0.818. The Hall–Kier alpha value is -2.40. The van der Waals surface area contributed by atoms with Crippen LogP contribution in [0.1, 0.15) is 36.6 Å². The molecule has 0 radical (unpaired) electrons. The molecule has 26 heavy (non-hydrogen) atoms. The van der Waals surface area contributed by atoms with E-state index in [9.17, 15) is 0 Å². The Morgan fingerprint density at radius 3 is 2.31 bits per heavy atom. The zero-order valence-corrected chi connectivity index (χ0v) is 15.9. The van der Waals surface area contributed by atoms with Crippen LogP contribution in [0.5, 0.6) is 23.0 Å². The monoisotopic (exact) mass is 357 g/mol. The molecule has 3 rings (SSSR count). The van der Waals surface area contributed by atoms with Gasteiger partial charge in [-0.1, -0.05) is 12.1 Å².